The van der Waals surface area contributed by atoms with Gasteiger partial charge in [0.25, 0.3) is 0 Å². The number of carboxylic acid groups (broad SMARTS) is 1. The number of halogens is 1. The fraction of sp³-hybridized carbons (Fsp3) is 0.250. The number of aliphatic carboxylic acids is 1. The molecular formula is C12H13ClN4O4S. The van der Waals surface area contributed by atoms with Gasteiger partial charge in [0, 0.05) is 0 Å². The Kier molecular flexibility index (Phi) is 4.79. The quantitative estimate of drug-likeness (QED) is 0.796. The van der Waals surface area contributed by atoms with E-state index in [1.807, 2.05) is 0 Å². The third-order valence-corrected chi connectivity index (χ3v) is 4.76. The second kappa shape index (κ2) is 6.42. The molecule has 0 saturated carbocycles. The van der Waals surface area contributed by atoms with Gasteiger partial charge in [-0.25, -0.2) is 13.4 Å². The molecule has 22 heavy (non-hydrogen) atoms. The van der Waals surface area contributed by atoms with E-state index in [1.165, 1.54) is 29.5 Å². The van der Waals surface area contributed by atoms with Crippen molar-refractivity contribution in [2.24, 2.45) is 0 Å². The lowest BCUT2D eigenvalue weighted by atomic mass is 10.2. The van der Waals surface area contributed by atoms with Crippen LogP contribution in [0.2, 0.25) is 5.02 Å². The molecule has 0 saturated heterocycles. The largest absolute Gasteiger partial charge is 0.480 e. The van der Waals surface area contributed by atoms with Gasteiger partial charge in [0.05, 0.1) is 11.6 Å². The third-order valence-electron chi connectivity index (χ3n) is 2.81. The van der Waals surface area contributed by atoms with E-state index >= 15 is 0 Å². The minimum Gasteiger partial charge on any atom is -0.480 e. The van der Waals surface area contributed by atoms with E-state index in [4.69, 9.17) is 11.6 Å². The van der Waals surface area contributed by atoms with E-state index in [9.17, 15) is 18.3 Å². The van der Waals surface area contributed by atoms with Crippen LogP contribution in [0.1, 0.15) is 5.56 Å². The molecule has 0 amide bonds. The van der Waals surface area contributed by atoms with Crippen LogP contribution in [0, 0.1) is 6.92 Å². The van der Waals surface area contributed by atoms with E-state index in [0.717, 1.165) is 5.56 Å². The molecule has 118 valence electrons. The van der Waals surface area contributed by atoms with Crippen molar-refractivity contribution in [2.75, 3.05) is 0 Å². The summed E-state index contributed by atoms with van der Waals surface area (Å²) >= 11 is 5.93. The molecule has 2 aromatic rings. The van der Waals surface area contributed by atoms with Gasteiger partial charge < -0.3 is 5.11 Å². The van der Waals surface area contributed by atoms with Gasteiger partial charge >= 0.3 is 5.97 Å². The van der Waals surface area contributed by atoms with Gasteiger partial charge in [-0.05, 0) is 24.6 Å². The van der Waals surface area contributed by atoms with Crippen LogP contribution in [-0.2, 0) is 21.4 Å². The first-order valence-corrected chi connectivity index (χ1v) is 7.99. The summed E-state index contributed by atoms with van der Waals surface area (Å²) in [5.41, 5.74) is 0.793. The topological polar surface area (TPSA) is 114 Å². The van der Waals surface area contributed by atoms with Crippen molar-refractivity contribution in [1.82, 2.24) is 19.5 Å². The van der Waals surface area contributed by atoms with E-state index in [0.29, 0.717) is 0 Å². The molecule has 1 unspecified atom stereocenters. The molecule has 0 bridgehead atoms. The van der Waals surface area contributed by atoms with Crippen LogP contribution in [0.25, 0.3) is 0 Å². The summed E-state index contributed by atoms with van der Waals surface area (Å²) in [5, 5.41) is 13.0. The summed E-state index contributed by atoms with van der Waals surface area (Å²) in [6, 6.07) is 3.00. The third kappa shape index (κ3) is 3.81. The normalized spacial score (nSPS) is 13.0. The Bertz CT molecular complexity index is 776. The number of rotatable bonds is 6. The van der Waals surface area contributed by atoms with Crippen LogP contribution in [0.4, 0.5) is 0 Å². The average molecular weight is 345 g/mol. The van der Waals surface area contributed by atoms with Crippen LogP contribution in [-0.4, -0.2) is 40.3 Å². The van der Waals surface area contributed by atoms with Crippen molar-refractivity contribution in [2.45, 2.75) is 24.4 Å². The van der Waals surface area contributed by atoms with Crippen LogP contribution in [0.15, 0.2) is 35.7 Å². The second-order valence-corrected chi connectivity index (χ2v) is 6.65. The molecule has 0 aliphatic heterocycles. The molecule has 8 nitrogen and oxygen atoms in total. The summed E-state index contributed by atoms with van der Waals surface area (Å²) in [6.45, 7) is 1.57. The number of hydrogen-bond donors (Lipinski definition) is 2. The van der Waals surface area contributed by atoms with Crippen molar-refractivity contribution in [3.8, 4) is 0 Å². The Hall–Kier alpha value is -1.97. The van der Waals surface area contributed by atoms with Crippen molar-refractivity contribution < 1.29 is 18.3 Å². The highest BCUT2D eigenvalue weighted by Crippen LogP contribution is 2.22. The number of hydrogen-bond acceptors (Lipinski definition) is 5. The Morgan fingerprint density at radius 3 is 2.77 bits per heavy atom. The standard InChI is InChI=1S/C12H13ClN4O4S/c1-8-2-3-11(9(13)4-8)22(20,21)16-10(12(18)19)5-17-7-14-6-15-17/h2-4,6-7,10,16H,5H2,1H3,(H,18,19). The van der Waals surface area contributed by atoms with E-state index in [1.54, 1.807) is 13.0 Å². The molecule has 2 rings (SSSR count). The number of carbonyl (C=O) groups is 1. The maximum Gasteiger partial charge on any atom is 0.323 e. The Balaban J connectivity index is 2.26. The zero-order valence-corrected chi connectivity index (χ0v) is 13.0. The van der Waals surface area contributed by atoms with Gasteiger partial charge in [-0.1, -0.05) is 17.7 Å². The summed E-state index contributed by atoms with van der Waals surface area (Å²) < 4.78 is 27.9. The lowest BCUT2D eigenvalue weighted by Crippen LogP contribution is -2.43. The zero-order chi connectivity index (χ0) is 16.3. The predicted molar refractivity (Wildman–Crippen MR) is 78.0 cm³/mol. The van der Waals surface area contributed by atoms with Gasteiger partial charge in [0.1, 0.15) is 23.6 Å². The van der Waals surface area contributed by atoms with Gasteiger partial charge in [-0.2, -0.15) is 9.82 Å². The highest BCUT2D eigenvalue weighted by Gasteiger charge is 2.27. The number of nitrogens with one attached hydrogen (secondary N) is 1. The van der Waals surface area contributed by atoms with Gasteiger partial charge in [-0.15, -0.1) is 0 Å². The van der Waals surface area contributed by atoms with Gasteiger partial charge in [0.2, 0.25) is 10.0 Å². The monoisotopic (exact) mass is 344 g/mol. The summed E-state index contributed by atoms with van der Waals surface area (Å²) in [6.07, 6.45) is 2.52. The van der Waals surface area contributed by atoms with Gasteiger partial charge in [-0.3, -0.25) is 9.48 Å². The molecule has 10 heteroatoms. The molecule has 0 fully saturated rings. The average Bonchev–Trinajstić information content (AvgIpc) is 2.90. The summed E-state index contributed by atoms with van der Waals surface area (Å²) in [4.78, 5) is 14.7. The van der Waals surface area contributed by atoms with E-state index in [2.05, 4.69) is 14.8 Å². The van der Waals surface area contributed by atoms with Gasteiger partial charge in [0.15, 0.2) is 0 Å². The fourth-order valence-electron chi connectivity index (χ4n) is 1.75. The van der Waals surface area contributed by atoms with Crippen molar-refractivity contribution >= 4 is 27.6 Å². The van der Waals surface area contributed by atoms with Crippen LogP contribution >= 0.6 is 11.6 Å². The first kappa shape index (κ1) is 16.4. The Morgan fingerprint density at radius 2 is 2.23 bits per heavy atom. The molecule has 2 N–H and O–H groups in total. The molecule has 1 aromatic heterocycles. The first-order chi connectivity index (χ1) is 10.3. The lowest BCUT2D eigenvalue weighted by Gasteiger charge is -2.15. The highest BCUT2D eigenvalue weighted by molar-refractivity contribution is 7.89. The minimum absolute atomic E-state index is 0.0254. The van der Waals surface area contributed by atoms with Crippen LogP contribution in [0.5, 0.6) is 0 Å². The van der Waals surface area contributed by atoms with Crippen molar-refractivity contribution in [3.63, 3.8) is 0 Å². The first-order valence-electron chi connectivity index (χ1n) is 6.13. The Morgan fingerprint density at radius 1 is 1.50 bits per heavy atom. The highest BCUT2D eigenvalue weighted by atomic mass is 35.5. The molecule has 0 spiro atoms. The fourth-order valence-corrected chi connectivity index (χ4v) is 3.53. The smallest absolute Gasteiger partial charge is 0.323 e. The predicted octanol–water partition coefficient (Wildman–Crippen LogP) is 0.672. The maximum atomic E-state index is 12.3. The molecule has 0 radical (unpaired) electrons. The molecule has 0 aliphatic rings. The molecule has 1 aromatic carbocycles. The van der Waals surface area contributed by atoms with Crippen LogP contribution < -0.4 is 4.72 Å². The number of aromatic nitrogens is 3. The SMILES string of the molecule is Cc1ccc(S(=O)(=O)NC(Cn2cncn2)C(=O)O)c(Cl)c1. The molecular weight excluding hydrogens is 332 g/mol. The number of aryl methyl sites for hydroxylation is 1. The number of sulfonamides is 1. The number of benzene rings is 1. The second-order valence-electron chi connectivity index (χ2n) is 4.56. The minimum atomic E-state index is -4.08. The van der Waals surface area contributed by atoms with E-state index < -0.39 is 22.0 Å². The Labute approximate surface area is 131 Å². The molecule has 0 aliphatic carbocycles. The molecule has 1 heterocycles. The summed E-state index contributed by atoms with van der Waals surface area (Å²) in [5.74, 6) is -1.33. The number of nitrogens with zero attached hydrogens (tertiary/aromatic N) is 3. The number of carboxylic acids is 1. The van der Waals surface area contributed by atoms with Crippen molar-refractivity contribution in [3.05, 3.63) is 41.4 Å². The van der Waals surface area contributed by atoms with E-state index in [-0.39, 0.29) is 16.5 Å². The van der Waals surface area contributed by atoms with Crippen molar-refractivity contribution in [1.29, 1.82) is 0 Å². The lowest BCUT2D eigenvalue weighted by molar-refractivity contribution is -0.139. The maximum absolute atomic E-state index is 12.3. The zero-order valence-electron chi connectivity index (χ0n) is 11.5. The van der Waals surface area contributed by atoms with Crippen LogP contribution in [0.3, 0.4) is 0 Å². The summed E-state index contributed by atoms with van der Waals surface area (Å²) in [7, 11) is -4.08. The molecule has 1 atom stereocenters.